The number of rotatable bonds is 3. The van der Waals surface area contributed by atoms with Crippen LogP contribution in [0.3, 0.4) is 0 Å². The average molecular weight is 284 g/mol. The molecule has 0 aromatic carbocycles. The summed E-state index contributed by atoms with van der Waals surface area (Å²) in [5.41, 5.74) is -0.937. The molecule has 1 saturated heterocycles. The molecule has 0 spiro atoms. The molecule has 1 aromatic heterocycles. The Hall–Kier alpha value is -1.92. The SMILES string of the molecule is CCNc1nc(N2CCNC(=O)C2(C)C)c(F)cc1F. The number of anilines is 2. The highest BCUT2D eigenvalue weighted by Crippen LogP contribution is 2.29. The summed E-state index contributed by atoms with van der Waals surface area (Å²) >= 11 is 0. The van der Waals surface area contributed by atoms with Crippen LogP contribution in [0.15, 0.2) is 6.07 Å². The molecule has 2 heterocycles. The fraction of sp³-hybridized carbons (Fsp3) is 0.538. The van der Waals surface area contributed by atoms with Gasteiger partial charge in [0.1, 0.15) is 5.54 Å². The normalized spacial score (nSPS) is 17.9. The lowest BCUT2D eigenvalue weighted by Gasteiger charge is -2.42. The van der Waals surface area contributed by atoms with Crippen molar-refractivity contribution in [3.05, 3.63) is 17.7 Å². The van der Waals surface area contributed by atoms with Gasteiger partial charge in [-0.3, -0.25) is 4.79 Å². The number of amides is 1. The minimum absolute atomic E-state index is 0.00863. The van der Waals surface area contributed by atoms with Gasteiger partial charge >= 0.3 is 0 Å². The third kappa shape index (κ3) is 2.39. The summed E-state index contributed by atoms with van der Waals surface area (Å²) in [5.74, 6) is -1.74. The first kappa shape index (κ1) is 14.5. The van der Waals surface area contributed by atoms with Crippen molar-refractivity contribution in [2.75, 3.05) is 29.9 Å². The van der Waals surface area contributed by atoms with E-state index in [1.54, 1.807) is 25.7 Å². The maximum atomic E-state index is 14.0. The number of piperazine rings is 1. The van der Waals surface area contributed by atoms with E-state index < -0.39 is 17.2 Å². The molecule has 1 fully saturated rings. The molecule has 20 heavy (non-hydrogen) atoms. The summed E-state index contributed by atoms with van der Waals surface area (Å²) in [6, 6.07) is 0.795. The topological polar surface area (TPSA) is 57.3 Å². The minimum Gasteiger partial charge on any atom is -0.368 e. The fourth-order valence-electron chi connectivity index (χ4n) is 2.21. The van der Waals surface area contributed by atoms with E-state index >= 15 is 0 Å². The average Bonchev–Trinajstić information content (AvgIpc) is 2.37. The summed E-state index contributed by atoms with van der Waals surface area (Å²) in [4.78, 5) is 17.5. The van der Waals surface area contributed by atoms with Gasteiger partial charge in [-0.05, 0) is 20.8 Å². The van der Waals surface area contributed by atoms with Crippen molar-refractivity contribution in [3.63, 3.8) is 0 Å². The monoisotopic (exact) mass is 284 g/mol. The molecule has 0 aliphatic carbocycles. The molecule has 2 rings (SSSR count). The molecule has 0 radical (unpaired) electrons. The third-order valence-corrected chi connectivity index (χ3v) is 3.36. The second-order valence-electron chi connectivity index (χ2n) is 5.12. The van der Waals surface area contributed by atoms with Gasteiger partial charge in [-0.15, -0.1) is 0 Å². The molecule has 110 valence electrons. The first-order valence-electron chi connectivity index (χ1n) is 6.53. The Bertz CT molecular complexity index is 533. The van der Waals surface area contributed by atoms with Crippen LogP contribution in [0.4, 0.5) is 20.4 Å². The van der Waals surface area contributed by atoms with Gasteiger partial charge in [0.25, 0.3) is 0 Å². The van der Waals surface area contributed by atoms with Crippen LogP contribution in [0.5, 0.6) is 0 Å². The molecular formula is C13H18F2N4O. The lowest BCUT2D eigenvalue weighted by Crippen LogP contribution is -2.62. The third-order valence-electron chi connectivity index (χ3n) is 3.36. The van der Waals surface area contributed by atoms with E-state index in [0.717, 1.165) is 6.07 Å². The number of nitrogens with zero attached hydrogens (tertiary/aromatic N) is 2. The van der Waals surface area contributed by atoms with Gasteiger partial charge in [0.15, 0.2) is 23.3 Å². The van der Waals surface area contributed by atoms with Crippen LogP contribution < -0.4 is 15.5 Å². The van der Waals surface area contributed by atoms with Crippen LogP contribution in [-0.2, 0) is 4.79 Å². The first-order valence-corrected chi connectivity index (χ1v) is 6.53. The Morgan fingerprint density at radius 2 is 2.15 bits per heavy atom. The lowest BCUT2D eigenvalue weighted by atomic mass is 9.99. The zero-order chi connectivity index (χ0) is 14.9. The quantitative estimate of drug-likeness (QED) is 0.883. The Morgan fingerprint density at radius 3 is 2.80 bits per heavy atom. The van der Waals surface area contributed by atoms with Crippen molar-refractivity contribution in [3.8, 4) is 0 Å². The molecule has 7 heteroatoms. The van der Waals surface area contributed by atoms with Crippen LogP contribution >= 0.6 is 0 Å². The summed E-state index contributed by atoms with van der Waals surface area (Å²) in [6.45, 7) is 6.44. The molecule has 0 saturated carbocycles. The molecule has 0 atom stereocenters. The number of halogens is 2. The van der Waals surface area contributed by atoms with E-state index in [2.05, 4.69) is 15.6 Å². The summed E-state index contributed by atoms with van der Waals surface area (Å²) in [5, 5.41) is 5.46. The van der Waals surface area contributed by atoms with Crippen molar-refractivity contribution >= 4 is 17.5 Å². The predicted octanol–water partition coefficient (Wildman–Crippen LogP) is 1.51. The maximum absolute atomic E-state index is 14.0. The largest absolute Gasteiger partial charge is 0.368 e. The van der Waals surface area contributed by atoms with E-state index in [0.29, 0.717) is 19.6 Å². The van der Waals surface area contributed by atoms with Crippen LogP contribution in [0.25, 0.3) is 0 Å². The zero-order valence-corrected chi connectivity index (χ0v) is 11.8. The molecule has 0 unspecified atom stereocenters. The molecule has 1 aliphatic heterocycles. The standard InChI is InChI=1S/C13H18F2N4O/c1-4-16-10-8(14)7-9(15)11(18-10)19-6-5-17-12(20)13(19,2)3/h7H,4-6H2,1-3H3,(H,16,18)(H,17,20). The highest BCUT2D eigenvalue weighted by Gasteiger charge is 2.39. The second kappa shape index (κ2) is 5.22. The maximum Gasteiger partial charge on any atom is 0.245 e. The second-order valence-corrected chi connectivity index (χ2v) is 5.12. The van der Waals surface area contributed by atoms with Crippen molar-refractivity contribution in [1.29, 1.82) is 0 Å². The molecular weight excluding hydrogens is 266 g/mol. The van der Waals surface area contributed by atoms with Gasteiger partial charge < -0.3 is 15.5 Å². The molecule has 5 nitrogen and oxygen atoms in total. The molecule has 0 bridgehead atoms. The number of pyridine rings is 1. The summed E-state index contributed by atoms with van der Waals surface area (Å²) in [6.07, 6.45) is 0. The van der Waals surface area contributed by atoms with Gasteiger partial charge in [0.2, 0.25) is 5.91 Å². The number of carbonyl (C=O) groups is 1. The van der Waals surface area contributed by atoms with Crippen LogP contribution in [0.1, 0.15) is 20.8 Å². The number of hydrogen-bond donors (Lipinski definition) is 2. The number of hydrogen-bond acceptors (Lipinski definition) is 4. The Kier molecular flexibility index (Phi) is 3.78. The molecule has 1 amide bonds. The Labute approximate surface area is 116 Å². The van der Waals surface area contributed by atoms with Crippen LogP contribution in [0.2, 0.25) is 0 Å². The first-order chi connectivity index (χ1) is 9.37. The van der Waals surface area contributed by atoms with Crippen LogP contribution in [-0.4, -0.2) is 36.1 Å². The zero-order valence-electron chi connectivity index (χ0n) is 11.8. The molecule has 1 aromatic rings. The fourth-order valence-corrected chi connectivity index (χ4v) is 2.21. The number of aromatic nitrogens is 1. The van der Waals surface area contributed by atoms with E-state index in [4.69, 9.17) is 0 Å². The smallest absolute Gasteiger partial charge is 0.245 e. The van der Waals surface area contributed by atoms with Gasteiger partial charge in [-0.1, -0.05) is 0 Å². The number of nitrogens with one attached hydrogen (secondary N) is 2. The predicted molar refractivity (Wildman–Crippen MR) is 72.8 cm³/mol. The van der Waals surface area contributed by atoms with Crippen LogP contribution in [0, 0.1) is 11.6 Å². The van der Waals surface area contributed by atoms with Gasteiger partial charge in [-0.2, -0.15) is 0 Å². The van der Waals surface area contributed by atoms with Gasteiger partial charge in [0, 0.05) is 25.7 Å². The highest BCUT2D eigenvalue weighted by atomic mass is 19.1. The summed E-state index contributed by atoms with van der Waals surface area (Å²) in [7, 11) is 0. The Balaban J connectivity index is 2.45. The van der Waals surface area contributed by atoms with E-state index in [9.17, 15) is 13.6 Å². The number of carbonyl (C=O) groups excluding carboxylic acids is 1. The van der Waals surface area contributed by atoms with Crippen molar-refractivity contribution in [2.24, 2.45) is 0 Å². The summed E-state index contributed by atoms with van der Waals surface area (Å²) < 4.78 is 27.6. The van der Waals surface area contributed by atoms with E-state index in [1.165, 1.54) is 0 Å². The Morgan fingerprint density at radius 1 is 1.45 bits per heavy atom. The van der Waals surface area contributed by atoms with E-state index in [-0.39, 0.29) is 17.5 Å². The van der Waals surface area contributed by atoms with Crippen molar-refractivity contribution in [1.82, 2.24) is 10.3 Å². The van der Waals surface area contributed by atoms with Gasteiger partial charge in [0.05, 0.1) is 0 Å². The minimum atomic E-state index is -0.937. The lowest BCUT2D eigenvalue weighted by molar-refractivity contribution is -0.126. The van der Waals surface area contributed by atoms with E-state index in [1.807, 2.05) is 0 Å². The molecule has 1 aliphatic rings. The highest BCUT2D eigenvalue weighted by molar-refractivity contribution is 5.90. The molecule has 2 N–H and O–H groups in total. The van der Waals surface area contributed by atoms with Gasteiger partial charge in [-0.25, -0.2) is 13.8 Å². The van der Waals surface area contributed by atoms with Crippen molar-refractivity contribution < 1.29 is 13.6 Å². The van der Waals surface area contributed by atoms with Crippen molar-refractivity contribution in [2.45, 2.75) is 26.3 Å².